The topological polar surface area (TPSA) is 55.8 Å². The van der Waals surface area contributed by atoms with Crippen molar-refractivity contribution >= 4 is 11.7 Å². The average molecular weight is 381 g/mol. The van der Waals surface area contributed by atoms with Crippen molar-refractivity contribution in [3.05, 3.63) is 58.7 Å². The molecule has 1 aliphatic heterocycles. The van der Waals surface area contributed by atoms with Gasteiger partial charge in [-0.1, -0.05) is 6.07 Å². The Labute approximate surface area is 166 Å². The van der Waals surface area contributed by atoms with Crippen molar-refractivity contribution in [1.29, 1.82) is 0 Å². The van der Waals surface area contributed by atoms with Gasteiger partial charge in [0.15, 0.2) is 17.3 Å². The van der Waals surface area contributed by atoms with E-state index >= 15 is 0 Å². The van der Waals surface area contributed by atoms with E-state index < -0.39 is 0 Å². The van der Waals surface area contributed by atoms with E-state index in [2.05, 4.69) is 0 Å². The number of ketones is 1. The molecule has 148 valence electrons. The third kappa shape index (κ3) is 4.03. The summed E-state index contributed by atoms with van der Waals surface area (Å²) in [5.41, 5.74) is 3.53. The summed E-state index contributed by atoms with van der Waals surface area (Å²) in [5.74, 6) is 0.954. The van der Waals surface area contributed by atoms with Crippen LogP contribution in [0.4, 0.5) is 0 Å². The lowest BCUT2D eigenvalue weighted by Gasteiger charge is -2.32. The summed E-state index contributed by atoms with van der Waals surface area (Å²) in [5, 5.41) is 0. The number of methoxy groups -OCH3 is 2. The van der Waals surface area contributed by atoms with Crippen molar-refractivity contribution < 1.29 is 19.1 Å². The quantitative estimate of drug-likeness (QED) is 0.733. The molecule has 5 nitrogen and oxygen atoms in total. The SMILES string of the molecule is COc1ccc(C(=O)[C@@H]2CCCN(C(=O)c3ccc(C)c(C)c3)C2)cc1OC. The zero-order valence-corrected chi connectivity index (χ0v) is 17.0. The van der Waals surface area contributed by atoms with E-state index in [1.165, 1.54) is 0 Å². The van der Waals surface area contributed by atoms with Crippen LogP contribution in [0.2, 0.25) is 0 Å². The van der Waals surface area contributed by atoms with Gasteiger partial charge in [0.05, 0.1) is 14.2 Å². The lowest BCUT2D eigenvalue weighted by atomic mass is 9.89. The van der Waals surface area contributed by atoms with Crippen LogP contribution in [0.3, 0.4) is 0 Å². The molecule has 0 aliphatic carbocycles. The summed E-state index contributed by atoms with van der Waals surface area (Å²) < 4.78 is 10.6. The first kappa shape index (κ1) is 19.9. The molecule has 2 aromatic carbocycles. The van der Waals surface area contributed by atoms with Crippen molar-refractivity contribution in [3.63, 3.8) is 0 Å². The van der Waals surface area contributed by atoms with Crippen LogP contribution in [0.25, 0.3) is 0 Å². The normalized spacial score (nSPS) is 16.6. The van der Waals surface area contributed by atoms with E-state index in [9.17, 15) is 9.59 Å². The molecule has 0 bridgehead atoms. The molecule has 0 unspecified atom stereocenters. The van der Waals surface area contributed by atoms with Crippen LogP contribution in [0.1, 0.15) is 44.7 Å². The van der Waals surface area contributed by atoms with Crippen LogP contribution < -0.4 is 9.47 Å². The van der Waals surface area contributed by atoms with Crippen molar-refractivity contribution in [1.82, 2.24) is 4.90 Å². The molecule has 2 aromatic rings. The molecule has 1 saturated heterocycles. The summed E-state index contributed by atoms with van der Waals surface area (Å²) in [4.78, 5) is 27.8. The van der Waals surface area contributed by atoms with Gasteiger partial charge in [-0.3, -0.25) is 9.59 Å². The minimum atomic E-state index is -0.206. The van der Waals surface area contributed by atoms with Gasteiger partial charge in [0.2, 0.25) is 0 Å². The number of Topliss-reactive ketones (excluding diaryl/α,β-unsaturated/α-hetero) is 1. The highest BCUT2D eigenvalue weighted by atomic mass is 16.5. The number of carbonyl (C=O) groups is 2. The second-order valence-corrected chi connectivity index (χ2v) is 7.32. The van der Waals surface area contributed by atoms with Gasteiger partial charge in [0.1, 0.15) is 0 Å². The first-order chi connectivity index (χ1) is 13.4. The highest BCUT2D eigenvalue weighted by Crippen LogP contribution is 2.30. The Morgan fingerprint density at radius 3 is 2.32 bits per heavy atom. The zero-order chi connectivity index (χ0) is 20.3. The Morgan fingerprint density at radius 2 is 1.64 bits per heavy atom. The van der Waals surface area contributed by atoms with E-state index in [0.29, 0.717) is 35.7 Å². The smallest absolute Gasteiger partial charge is 0.253 e. The standard InChI is InChI=1S/C23H27NO4/c1-15-7-8-18(12-16(15)2)23(26)24-11-5-6-19(14-24)22(25)17-9-10-20(27-3)21(13-17)28-4/h7-10,12-13,19H,5-6,11,14H2,1-4H3/t19-/m1/s1. The number of ether oxygens (including phenoxy) is 2. The van der Waals surface area contributed by atoms with E-state index in [0.717, 1.165) is 24.0 Å². The second-order valence-electron chi connectivity index (χ2n) is 7.32. The molecule has 0 N–H and O–H groups in total. The summed E-state index contributed by atoms with van der Waals surface area (Å²) in [6, 6.07) is 11.0. The number of nitrogens with zero attached hydrogens (tertiary/aromatic N) is 1. The first-order valence-electron chi connectivity index (χ1n) is 9.57. The lowest BCUT2D eigenvalue weighted by molar-refractivity contribution is 0.0636. The van der Waals surface area contributed by atoms with Gasteiger partial charge in [-0.05, 0) is 68.1 Å². The number of rotatable bonds is 5. The maximum atomic E-state index is 13.0. The predicted octanol–water partition coefficient (Wildman–Crippen LogP) is 4.06. The fourth-order valence-electron chi connectivity index (χ4n) is 3.66. The molecule has 1 heterocycles. The summed E-state index contributed by atoms with van der Waals surface area (Å²) >= 11 is 0. The van der Waals surface area contributed by atoms with Gasteiger partial charge < -0.3 is 14.4 Å². The Kier molecular flexibility index (Phi) is 6.02. The van der Waals surface area contributed by atoms with Gasteiger partial charge >= 0.3 is 0 Å². The number of hydrogen-bond donors (Lipinski definition) is 0. The molecule has 0 saturated carbocycles. The van der Waals surface area contributed by atoms with Crippen LogP contribution in [-0.4, -0.2) is 43.9 Å². The van der Waals surface area contributed by atoms with Crippen molar-refractivity contribution in [2.24, 2.45) is 5.92 Å². The number of benzene rings is 2. The number of hydrogen-bond acceptors (Lipinski definition) is 4. The number of amides is 1. The maximum Gasteiger partial charge on any atom is 0.253 e. The van der Waals surface area contributed by atoms with Crippen molar-refractivity contribution in [2.75, 3.05) is 27.3 Å². The van der Waals surface area contributed by atoms with Gasteiger partial charge in [0.25, 0.3) is 5.91 Å². The molecular formula is C23H27NO4. The molecule has 1 fully saturated rings. The molecule has 0 aromatic heterocycles. The zero-order valence-electron chi connectivity index (χ0n) is 17.0. The highest BCUT2D eigenvalue weighted by molar-refractivity contribution is 6.00. The predicted molar refractivity (Wildman–Crippen MR) is 108 cm³/mol. The Hall–Kier alpha value is -2.82. The summed E-state index contributed by atoms with van der Waals surface area (Å²) in [6.45, 7) is 5.16. The monoisotopic (exact) mass is 381 g/mol. The van der Waals surface area contributed by atoms with Crippen LogP contribution in [0, 0.1) is 19.8 Å². The third-order valence-corrected chi connectivity index (χ3v) is 5.50. The molecule has 3 rings (SSSR count). The van der Waals surface area contributed by atoms with Gasteiger partial charge in [-0.2, -0.15) is 0 Å². The third-order valence-electron chi connectivity index (χ3n) is 5.50. The van der Waals surface area contributed by atoms with E-state index in [1.807, 2.05) is 32.0 Å². The van der Waals surface area contributed by atoms with Crippen LogP contribution in [0.15, 0.2) is 36.4 Å². The number of carbonyl (C=O) groups excluding carboxylic acids is 2. The Bertz CT molecular complexity index is 890. The van der Waals surface area contributed by atoms with Gasteiger partial charge in [0, 0.05) is 30.1 Å². The molecule has 1 amide bonds. The summed E-state index contributed by atoms with van der Waals surface area (Å²) in [7, 11) is 3.12. The second kappa shape index (κ2) is 8.46. The fourth-order valence-corrected chi connectivity index (χ4v) is 3.66. The van der Waals surface area contributed by atoms with E-state index in [-0.39, 0.29) is 17.6 Å². The molecule has 1 aliphatic rings. The minimum Gasteiger partial charge on any atom is -0.493 e. The Morgan fingerprint density at radius 1 is 0.929 bits per heavy atom. The van der Waals surface area contributed by atoms with E-state index in [1.54, 1.807) is 37.3 Å². The number of likely N-dealkylation sites (tertiary alicyclic amines) is 1. The highest BCUT2D eigenvalue weighted by Gasteiger charge is 2.30. The number of aryl methyl sites for hydroxylation is 2. The van der Waals surface area contributed by atoms with Gasteiger partial charge in [-0.15, -0.1) is 0 Å². The first-order valence-corrected chi connectivity index (χ1v) is 9.57. The van der Waals surface area contributed by atoms with Gasteiger partial charge in [-0.25, -0.2) is 0 Å². The molecule has 0 spiro atoms. The van der Waals surface area contributed by atoms with Crippen molar-refractivity contribution in [2.45, 2.75) is 26.7 Å². The number of piperidine rings is 1. The van der Waals surface area contributed by atoms with Crippen molar-refractivity contribution in [3.8, 4) is 11.5 Å². The molecule has 0 radical (unpaired) electrons. The van der Waals surface area contributed by atoms with Crippen LogP contribution >= 0.6 is 0 Å². The average Bonchev–Trinajstić information content (AvgIpc) is 2.74. The maximum absolute atomic E-state index is 13.0. The fraction of sp³-hybridized carbons (Fsp3) is 0.391. The molecule has 5 heteroatoms. The molecule has 1 atom stereocenters. The minimum absolute atomic E-state index is 0.00656. The van der Waals surface area contributed by atoms with Crippen LogP contribution in [0.5, 0.6) is 11.5 Å². The molecule has 28 heavy (non-hydrogen) atoms. The largest absolute Gasteiger partial charge is 0.493 e. The Balaban J connectivity index is 1.76. The lowest BCUT2D eigenvalue weighted by Crippen LogP contribution is -2.42. The summed E-state index contributed by atoms with van der Waals surface area (Å²) in [6.07, 6.45) is 1.60. The molecular weight excluding hydrogens is 354 g/mol. The van der Waals surface area contributed by atoms with E-state index in [4.69, 9.17) is 9.47 Å². The van der Waals surface area contributed by atoms with Crippen LogP contribution in [-0.2, 0) is 0 Å².